The van der Waals surface area contributed by atoms with Crippen LogP contribution in [0.2, 0.25) is 0 Å². The van der Waals surface area contributed by atoms with Crippen molar-refractivity contribution in [2.45, 2.75) is 121 Å². The van der Waals surface area contributed by atoms with Gasteiger partial charge in [0.05, 0.1) is 5.97 Å². The van der Waals surface area contributed by atoms with E-state index in [2.05, 4.69) is 19.6 Å². The second-order valence-electron chi connectivity index (χ2n) is 6.93. The Kier molecular flexibility index (Phi) is 24.1. The number of rotatable bonds is 18. The molecule has 0 saturated carbocycles. The van der Waals surface area contributed by atoms with Crippen molar-refractivity contribution in [2.24, 2.45) is 0 Å². The fourth-order valence-corrected chi connectivity index (χ4v) is 3.19. The van der Waals surface area contributed by atoms with Gasteiger partial charge in [0.15, 0.2) is 0 Å². The summed E-state index contributed by atoms with van der Waals surface area (Å²) in [6.07, 6.45) is 22.1. The van der Waals surface area contributed by atoms with Gasteiger partial charge in [0.1, 0.15) is 0 Å². The zero-order valence-electron chi connectivity index (χ0n) is 15.7. The molecule has 0 N–H and O–H groups in total. The molecule has 0 amide bonds. The van der Waals surface area contributed by atoms with Crippen LogP contribution in [0.1, 0.15) is 116 Å². The van der Waals surface area contributed by atoms with E-state index in [0.717, 1.165) is 12.8 Å². The number of carbonyl (C=O) groups is 1. The maximum atomic E-state index is 10.5. The SMILES string of the molecule is CCCCCCCCCCCCCCCCCCC(S)C(=O)[O-].[Ag+]. The maximum Gasteiger partial charge on any atom is 1.00 e. The van der Waals surface area contributed by atoms with Gasteiger partial charge in [0, 0.05) is 5.25 Å². The zero-order chi connectivity index (χ0) is 17.2. The standard InChI is InChI=1S/C20H40O2S.Ag/c1-2-3-4-5-6-7-8-9-10-11-12-13-14-15-16-17-18-19(23)20(21)22;/h19,23H,2-18H2,1H3,(H,21,22);/q;+1/p-1. The molecule has 0 aromatic carbocycles. The van der Waals surface area contributed by atoms with Gasteiger partial charge in [0.2, 0.25) is 0 Å². The van der Waals surface area contributed by atoms with Crippen molar-refractivity contribution in [3.63, 3.8) is 0 Å². The van der Waals surface area contributed by atoms with Gasteiger partial charge in [-0.2, -0.15) is 12.6 Å². The first-order valence-corrected chi connectivity index (χ1v) is 10.6. The number of hydrogen-bond donors (Lipinski definition) is 1. The van der Waals surface area contributed by atoms with Crippen LogP contribution in [0.15, 0.2) is 0 Å². The van der Waals surface area contributed by atoms with Gasteiger partial charge in [-0.15, -0.1) is 0 Å². The second-order valence-corrected chi connectivity index (χ2v) is 7.55. The van der Waals surface area contributed by atoms with Crippen LogP contribution in [0.5, 0.6) is 0 Å². The van der Waals surface area contributed by atoms with E-state index in [-0.39, 0.29) is 22.4 Å². The van der Waals surface area contributed by atoms with Crippen LogP contribution in [-0.4, -0.2) is 11.2 Å². The molecule has 1 atom stereocenters. The summed E-state index contributed by atoms with van der Waals surface area (Å²) in [6, 6.07) is 0. The normalized spacial score (nSPS) is 11.9. The molecule has 24 heavy (non-hydrogen) atoms. The van der Waals surface area contributed by atoms with Crippen molar-refractivity contribution >= 4 is 18.6 Å². The number of aliphatic carboxylic acids is 1. The minimum absolute atomic E-state index is 0. The van der Waals surface area contributed by atoms with Crippen LogP contribution in [0.3, 0.4) is 0 Å². The maximum absolute atomic E-state index is 10.5. The van der Waals surface area contributed by atoms with Crippen LogP contribution < -0.4 is 5.11 Å². The Morgan fingerprint density at radius 2 is 1.00 bits per heavy atom. The molecule has 0 radical (unpaired) electrons. The summed E-state index contributed by atoms with van der Waals surface area (Å²) in [5.74, 6) is -1.03. The fourth-order valence-electron chi connectivity index (χ4n) is 3.00. The largest absolute Gasteiger partial charge is 1.00 e. The van der Waals surface area contributed by atoms with E-state index >= 15 is 0 Å². The average molecular weight is 451 g/mol. The molecular weight excluding hydrogens is 412 g/mol. The number of carboxylic acids is 1. The van der Waals surface area contributed by atoms with Gasteiger partial charge in [0.25, 0.3) is 0 Å². The summed E-state index contributed by atoms with van der Waals surface area (Å²) in [7, 11) is 0. The zero-order valence-corrected chi connectivity index (χ0v) is 18.0. The smallest absolute Gasteiger partial charge is 0.549 e. The summed E-state index contributed by atoms with van der Waals surface area (Å²) in [6.45, 7) is 2.27. The minimum Gasteiger partial charge on any atom is -0.549 e. The van der Waals surface area contributed by atoms with Gasteiger partial charge in [-0.1, -0.05) is 110 Å². The van der Waals surface area contributed by atoms with Crippen LogP contribution in [0.4, 0.5) is 0 Å². The number of carbonyl (C=O) groups excluding carboxylic acids is 1. The Morgan fingerprint density at radius 1 is 0.708 bits per heavy atom. The number of carboxylic acid groups (broad SMARTS) is 1. The second kappa shape index (κ2) is 21.6. The Balaban J connectivity index is 0. The van der Waals surface area contributed by atoms with Crippen molar-refractivity contribution in [1.29, 1.82) is 0 Å². The third kappa shape index (κ3) is 20.6. The molecule has 0 bridgehead atoms. The van der Waals surface area contributed by atoms with E-state index in [9.17, 15) is 9.90 Å². The monoisotopic (exact) mass is 450 g/mol. The fraction of sp³-hybridized carbons (Fsp3) is 0.950. The van der Waals surface area contributed by atoms with Crippen LogP contribution in [-0.2, 0) is 27.2 Å². The number of hydrogen-bond acceptors (Lipinski definition) is 3. The van der Waals surface area contributed by atoms with Gasteiger partial charge >= 0.3 is 22.4 Å². The van der Waals surface area contributed by atoms with Crippen LogP contribution in [0, 0.1) is 0 Å². The molecular formula is C20H39AgO2S. The van der Waals surface area contributed by atoms with E-state index < -0.39 is 11.2 Å². The van der Waals surface area contributed by atoms with Crippen LogP contribution >= 0.6 is 12.6 Å². The topological polar surface area (TPSA) is 40.1 Å². The molecule has 0 heterocycles. The number of unbranched alkanes of at least 4 members (excludes halogenated alkanes) is 15. The van der Waals surface area contributed by atoms with Crippen LogP contribution in [0.25, 0.3) is 0 Å². The van der Waals surface area contributed by atoms with Crippen molar-refractivity contribution in [3.05, 3.63) is 0 Å². The Labute approximate surface area is 171 Å². The summed E-state index contributed by atoms with van der Waals surface area (Å²) in [5, 5.41) is 9.92. The summed E-state index contributed by atoms with van der Waals surface area (Å²) >= 11 is 3.99. The van der Waals surface area contributed by atoms with E-state index in [1.807, 2.05) is 0 Å². The average Bonchev–Trinajstić information content (AvgIpc) is 2.54. The summed E-state index contributed by atoms with van der Waals surface area (Å²) in [4.78, 5) is 10.5. The first-order valence-electron chi connectivity index (χ1n) is 10.1. The molecule has 1 unspecified atom stereocenters. The predicted molar refractivity (Wildman–Crippen MR) is 102 cm³/mol. The Morgan fingerprint density at radius 3 is 1.29 bits per heavy atom. The molecule has 0 aliphatic heterocycles. The molecule has 2 nitrogen and oxygen atoms in total. The molecule has 0 saturated heterocycles. The van der Waals surface area contributed by atoms with Crippen molar-refractivity contribution in [3.8, 4) is 0 Å². The minimum atomic E-state index is -1.03. The van der Waals surface area contributed by atoms with Gasteiger partial charge in [-0.05, 0) is 6.42 Å². The van der Waals surface area contributed by atoms with Gasteiger partial charge < -0.3 is 9.90 Å². The molecule has 4 heteroatoms. The first-order chi connectivity index (χ1) is 11.2. The third-order valence-electron chi connectivity index (χ3n) is 4.60. The number of thiol groups is 1. The quantitative estimate of drug-likeness (QED) is 0.165. The molecule has 0 spiro atoms. The summed E-state index contributed by atoms with van der Waals surface area (Å²) < 4.78 is 0. The molecule has 0 aromatic heterocycles. The molecule has 0 aromatic rings. The molecule has 148 valence electrons. The molecule has 0 aliphatic rings. The van der Waals surface area contributed by atoms with Crippen molar-refractivity contribution in [1.82, 2.24) is 0 Å². The van der Waals surface area contributed by atoms with Crippen molar-refractivity contribution < 1.29 is 32.3 Å². The third-order valence-corrected chi connectivity index (χ3v) is 5.07. The van der Waals surface area contributed by atoms with Gasteiger partial charge in [-0.25, -0.2) is 0 Å². The van der Waals surface area contributed by atoms with E-state index in [1.165, 1.54) is 89.9 Å². The van der Waals surface area contributed by atoms with E-state index in [4.69, 9.17) is 0 Å². The van der Waals surface area contributed by atoms with E-state index in [0.29, 0.717) is 6.42 Å². The summed E-state index contributed by atoms with van der Waals surface area (Å²) in [5.41, 5.74) is 0. The molecule has 0 aliphatic carbocycles. The van der Waals surface area contributed by atoms with Gasteiger partial charge in [-0.3, -0.25) is 0 Å². The molecule has 0 fully saturated rings. The molecule has 0 rings (SSSR count). The Bertz CT molecular complexity index is 262. The van der Waals surface area contributed by atoms with E-state index in [1.54, 1.807) is 0 Å². The Hall–Kier alpha value is 0.560. The predicted octanol–water partition coefficient (Wildman–Crippen LogP) is 5.68. The van der Waals surface area contributed by atoms with Crippen molar-refractivity contribution in [2.75, 3.05) is 0 Å². The first kappa shape index (κ1) is 26.8.